The van der Waals surface area contributed by atoms with Gasteiger partial charge in [0.15, 0.2) is 5.82 Å². The Morgan fingerprint density at radius 3 is 2.28 bits per heavy atom. The van der Waals surface area contributed by atoms with E-state index in [2.05, 4.69) is 33.0 Å². The number of fused-ring (bicyclic) bond motifs is 4. The Labute approximate surface area is 323 Å². The number of alkyl halides is 3. The number of nitrogens with one attached hydrogen (secondary N) is 1. The highest BCUT2D eigenvalue weighted by molar-refractivity contribution is 14.1. The first-order valence-electron chi connectivity index (χ1n) is 16.5. The Balaban J connectivity index is 1.30. The van der Waals surface area contributed by atoms with E-state index in [-0.39, 0.29) is 30.3 Å². The third kappa shape index (κ3) is 5.53. The van der Waals surface area contributed by atoms with Crippen molar-refractivity contribution in [3.8, 4) is 5.75 Å². The standard InChI is InChI=1S/C38H26Cl2F3IN4O5/c39-21-6-4-19(5-7-21)37-28(34(51)48(36(37)53)46-32-29(40)15-20(17-45-32)38(41,42)43)16-27-25(31(37)18-2-1-3-24(49)14-18)12-13-26-30(27)35(52)47(33(26)50)23-10-8-22(44)9-11-23/h1-12,14-15,17,26-28,30-31,49H,13,16H2,(H,45,46). The van der Waals surface area contributed by atoms with Gasteiger partial charge in [-0.2, -0.15) is 18.2 Å². The number of aromatic hydroxyl groups is 1. The van der Waals surface area contributed by atoms with E-state index in [1.165, 1.54) is 17.0 Å². The monoisotopic (exact) mass is 872 g/mol. The van der Waals surface area contributed by atoms with Crippen molar-refractivity contribution in [3.63, 3.8) is 0 Å². The second-order valence-corrected chi connectivity index (χ2v) is 15.6. The third-order valence-electron chi connectivity index (χ3n) is 10.8. The van der Waals surface area contributed by atoms with Crippen LogP contribution in [0.15, 0.2) is 96.7 Å². The largest absolute Gasteiger partial charge is 0.508 e. The van der Waals surface area contributed by atoms with E-state index in [4.69, 9.17) is 23.2 Å². The number of phenolic OH excluding ortho intramolecular Hbond substituents is 1. The third-order valence-corrected chi connectivity index (χ3v) is 12.1. The molecular weight excluding hydrogens is 847 g/mol. The number of amides is 4. The molecule has 2 saturated heterocycles. The van der Waals surface area contributed by atoms with Gasteiger partial charge in [-0.1, -0.05) is 59.1 Å². The van der Waals surface area contributed by atoms with Crippen molar-refractivity contribution in [1.82, 2.24) is 9.99 Å². The van der Waals surface area contributed by atoms with Crippen molar-refractivity contribution < 1.29 is 37.5 Å². The summed E-state index contributed by atoms with van der Waals surface area (Å²) < 4.78 is 41.2. The average Bonchev–Trinajstić information content (AvgIpc) is 3.50. The van der Waals surface area contributed by atoms with Crippen LogP contribution in [0.4, 0.5) is 24.7 Å². The highest BCUT2D eigenvalue weighted by atomic mass is 127. The van der Waals surface area contributed by atoms with Crippen LogP contribution in [0.3, 0.4) is 0 Å². The zero-order chi connectivity index (χ0) is 37.6. The fraction of sp³-hybridized carbons (Fsp3) is 0.237. The number of anilines is 2. The summed E-state index contributed by atoms with van der Waals surface area (Å²) in [7, 11) is 0. The molecule has 3 aromatic carbocycles. The normalized spacial score (nSPS) is 26.7. The van der Waals surface area contributed by atoms with Gasteiger partial charge in [0.05, 0.1) is 39.4 Å². The van der Waals surface area contributed by atoms with Gasteiger partial charge in [0.2, 0.25) is 11.8 Å². The molecule has 1 saturated carbocycles. The van der Waals surface area contributed by atoms with Gasteiger partial charge in [0.1, 0.15) is 5.75 Å². The number of benzene rings is 3. The van der Waals surface area contributed by atoms with Crippen molar-refractivity contribution in [1.29, 1.82) is 0 Å². The van der Waals surface area contributed by atoms with Crippen LogP contribution in [0.2, 0.25) is 10.0 Å². The number of aromatic nitrogens is 1. The van der Waals surface area contributed by atoms with Crippen molar-refractivity contribution in [2.24, 2.45) is 23.7 Å². The molecule has 4 aromatic rings. The first kappa shape index (κ1) is 35.6. The molecule has 2 aliphatic heterocycles. The van der Waals surface area contributed by atoms with Crippen LogP contribution in [0.5, 0.6) is 5.75 Å². The molecule has 15 heteroatoms. The summed E-state index contributed by atoms with van der Waals surface area (Å²) in [4.78, 5) is 63.3. The smallest absolute Gasteiger partial charge is 0.417 e. The quantitative estimate of drug-likeness (QED) is 0.119. The maximum absolute atomic E-state index is 15.2. The van der Waals surface area contributed by atoms with Crippen LogP contribution in [0.25, 0.3) is 0 Å². The number of allylic oxidation sites excluding steroid dienone is 2. The maximum Gasteiger partial charge on any atom is 0.417 e. The number of imide groups is 2. The number of carbonyl (C=O) groups is 4. The number of phenols is 1. The van der Waals surface area contributed by atoms with E-state index in [1.807, 2.05) is 6.08 Å². The van der Waals surface area contributed by atoms with Crippen LogP contribution < -0.4 is 10.3 Å². The number of nitrogens with zero attached hydrogens (tertiary/aromatic N) is 3. The van der Waals surface area contributed by atoms with E-state index >= 15 is 4.79 Å². The molecule has 9 nitrogen and oxygen atoms in total. The molecule has 6 unspecified atom stereocenters. The summed E-state index contributed by atoms with van der Waals surface area (Å²) in [5.74, 6) is -7.11. The molecule has 0 radical (unpaired) electrons. The summed E-state index contributed by atoms with van der Waals surface area (Å²) in [6, 6.07) is 20.4. The summed E-state index contributed by atoms with van der Waals surface area (Å²) in [6.07, 6.45) is -2.17. The molecule has 0 bridgehead atoms. The fourth-order valence-electron chi connectivity index (χ4n) is 8.71. The molecule has 8 rings (SSSR count). The van der Waals surface area contributed by atoms with Crippen LogP contribution in [0.1, 0.15) is 35.4 Å². The van der Waals surface area contributed by atoms with Gasteiger partial charge in [0, 0.05) is 20.7 Å². The van der Waals surface area contributed by atoms with E-state index in [1.54, 1.807) is 60.7 Å². The fourth-order valence-corrected chi connectivity index (χ4v) is 9.40. The number of halogens is 6. The second-order valence-electron chi connectivity index (χ2n) is 13.5. The predicted octanol–water partition coefficient (Wildman–Crippen LogP) is 7.91. The Kier molecular flexibility index (Phi) is 8.61. The van der Waals surface area contributed by atoms with Gasteiger partial charge in [-0.15, -0.1) is 0 Å². The zero-order valence-corrected chi connectivity index (χ0v) is 30.8. The lowest BCUT2D eigenvalue weighted by atomic mass is 9.49. The SMILES string of the molecule is O=C1C2CC3C(=CCC4C(=O)N(c5ccc(I)cc5)C(=O)C43)C(c3cccc(O)c3)C2(c2ccc(Cl)cc2)C(=O)N1Nc1ncc(C(F)(F)F)cc1Cl. The summed E-state index contributed by atoms with van der Waals surface area (Å²) in [6.45, 7) is 0. The Morgan fingerprint density at radius 2 is 1.62 bits per heavy atom. The van der Waals surface area contributed by atoms with E-state index in [0.29, 0.717) is 39.7 Å². The molecule has 1 aromatic heterocycles. The Bertz CT molecular complexity index is 2250. The zero-order valence-electron chi connectivity index (χ0n) is 27.2. The number of carbonyl (C=O) groups excluding carboxylic acids is 4. The summed E-state index contributed by atoms with van der Waals surface area (Å²) >= 11 is 14.7. The molecule has 2 aliphatic carbocycles. The topological polar surface area (TPSA) is 120 Å². The summed E-state index contributed by atoms with van der Waals surface area (Å²) in [5, 5.41) is 11.3. The average molecular weight is 873 g/mol. The van der Waals surface area contributed by atoms with Crippen molar-refractivity contribution >= 4 is 80.9 Å². The Hall–Kier alpha value is -4.47. The van der Waals surface area contributed by atoms with E-state index in [9.17, 15) is 32.7 Å². The molecule has 3 fully saturated rings. The first-order chi connectivity index (χ1) is 25.2. The predicted molar refractivity (Wildman–Crippen MR) is 197 cm³/mol. The molecule has 53 heavy (non-hydrogen) atoms. The number of hydrogen-bond donors (Lipinski definition) is 2. The molecule has 4 amide bonds. The van der Waals surface area contributed by atoms with Gasteiger partial charge >= 0.3 is 6.18 Å². The van der Waals surface area contributed by atoms with Crippen molar-refractivity contribution in [3.05, 3.63) is 127 Å². The highest BCUT2D eigenvalue weighted by Gasteiger charge is 2.70. The second kappa shape index (κ2) is 12.8. The minimum absolute atomic E-state index is 0.0264. The molecule has 2 N–H and O–H groups in total. The highest BCUT2D eigenvalue weighted by Crippen LogP contribution is 2.64. The van der Waals surface area contributed by atoms with Gasteiger partial charge in [-0.3, -0.25) is 29.5 Å². The minimum Gasteiger partial charge on any atom is -0.508 e. The molecule has 6 atom stereocenters. The minimum atomic E-state index is -4.74. The molecule has 3 heterocycles. The number of rotatable bonds is 5. The van der Waals surface area contributed by atoms with E-state index < -0.39 is 69.5 Å². The number of pyridine rings is 1. The van der Waals surface area contributed by atoms with Gasteiger partial charge in [-0.25, -0.2) is 4.98 Å². The lowest BCUT2D eigenvalue weighted by Gasteiger charge is -2.50. The molecule has 270 valence electrons. The molecule has 0 spiro atoms. The molecular formula is C38H26Cl2F3IN4O5. The maximum atomic E-state index is 15.2. The van der Waals surface area contributed by atoms with Gasteiger partial charge in [-0.05, 0) is 107 Å². The van der Waals surface area contributed by atoms with Crippen LogP contribution in [0, 0.1) is 27.2 Å². The van der Waals surface area contributed by atoms with Gasteiger partial charge in [0.25, 0.3) is 11.8 Å². The van der Waals surface area contributed by atoms with Crippen LogP contribution >= 0.6 is 45.8 Å². The van der Waals surface area contributed by atoms with Crippen molar-refractivity contribution in [2.45, 2.75) is 30.4 Å². The van der Waals surface area contributed by atoms with Crippen molar-refractivity contribution in [2.75, 3.05) is 10.3 Å². The number of hydrazine groups is 1. The lowest BCUT2D eigenvalue weighted by molar-refractivity contribution is -0.139. The van der Waals surface area contributed by atoms with E-state index in [0.717, 1.165) is 8.58 Å². The molecule has 4 aliphatic rings. The van der Waals surface area contributed by atoms with Crippen LogP contribution in [-0.4, -0.2) is 38.7 Å². The Morgan fingerprint density at radius 1 is 0.906 bits per heavy atom. The summed E-state index contributed by atoms with van der Waals surface area (Å²) in [5.41, 5.74) is 1.74. The van der Waals surface area contributed by atoms with Gasteiger partial charge < -0.3 is 5.11 Å². The lowest BCUT2D eigenvalue weighted by Crippen LogP contribution is -2.53. The first-order valence-corrected chi connectivity index (χ1v) is 18.3. The number of hydrogen-bond acceptors (Lipinski definition) is 7. The van der Waals surface area contributed by atoms with Crippen LogP contribution in [-0.2, 0) is 30.8 Å².